The minimum atomic E-state index is -0.995. The van der Waals surface area contributed by atoms with Gasteiger partial charge < -0.3 is 14.7 Å². The number of aliphatic carboxylic acids is 1. The summed E-state index contributed by atoms with van der Waals surface area (Å²) in [7, 11) is 1.51. The second-order valence-electron chi connectivity index (χ2n) is 5.41. The predicted octanol–water partition coefficient (Wildman–Crippen LogP) is 2.66. The highest BCUT2D eigenvalue weighted by atomic mass is 16.5. The van der Waals surface area contributed by atoms with E-state index in [1.165, 1.54) is 11.9 Å². The summed E-state index contributed by atoms with van der Waals surface area (Å²) in [5.74, 6) is -0.170. The van der Waals surface area contributed by atoms with E-state index in [9.17, 15) is 9.59 Å². The Morgan fingerprint density at radius 1 is 1.24 bits per heavy atom. The highest BCUT2D eigenvalue weighted by Crippen LogP contribution is 2.16. The molecule has 1 amide bonds. The number of rotatable bonds is 7. The number of ether oxygens (including phenoxy) is 1. The van der Waals surface area contributed by atoms with Crippen LogP contribution < -0.4 is 4.74 Å². The van der Waals surface area contributed by atoms with Gasteiger partial charge in [0.2, 0.25) is 0 Å². The molecule has 1 N–H and O–H groups in total. The molecule has 1 unspecified atom stereocenters. The maximum Gasteiger partial charge on any atom is 0.326 e. The Morgan fingerprint density at radius 3 is 2.24 bits per heavy atom. The van der Waals surface area contributed by atoms with Crippen LogP contribution in [0.2, 0.25) is 0 Å². The lowest BCUT2D eigenvalue weighted by Gasteiger charge is -2.23. The second-order valence-corrected chi connectivity index (χ2v) is 5.41. The number of hydrogen-bond donors (Lipinski definition) is 1. The molecule has 0 saturated carbocycles. The fourth-order valence-electron chi connectivity index (χ4n) is 1.92. The summed E-state index contributed by atoms with van der Waals surface area (Å²) in [6.07, 6.45) is 0.368. The third-order valence-corrected chi connectivity index (χ3v) is 3.14. The van der Waals surface area contributed by atoms with Crippen LogP contribution in [-0.4, -0.2) is 41.6 Å². The largest absolute Gasteiger partial charge is 0.493 e. The monoisotopic (exact) mass is 293 g/mol. The van der Waals surface area contributed by atoms with Crippen molar-refractivity contribution in [2.24, 2.45) is 5.92 Å². The van der Waals surface area contributed by atoms with Gasteiger partial charge >= 0.3 is 5.97 Å². The summed E-state index contributed by atoms with van der Waals surface area (Å²) in [5, 5.41) is 9.09. The molecule has 1 atom stereocenters. The molecule has 5 nitrogen and oxygen atoms in total. The van der Waals surface area contributed by atoms with Crippen molar-refractivity contribution in [1.29, 1.82) is 0 Å². The van der Waals surface area contributed by atoms with Gasteiger partial charge in [-0.2, -0.15) is 0 Å². The Bertz CT molecular complexity index is 482. The molecule has 0 aliphatic carbocycles. The zero-order valence-corrected chi connectivity index (χ0v) is 13.0. The van der Waals surface area contributed by atoms with Crippen LogP contribution in [0.25, 0.3) is 0 Å². The van der Waals surface area contributed by atoms with E-state index < -0.39 is 12.0 Å². The van der Waals surface area contributed by atoms with Gasteiger partial charge in [0.05, 0.1) is 6.61 Å². The molecule has 0 aliphatic heterocycles. The number of carboxylic acids is 1. The zero-order chi connectivity index (χ0) is 16.0. The summed E-state index contributed by atoms with van der Waals surface area (Å²) < 4.78 is 5.55. The Hall–Kier alpha value is -2.04. The smallest absolute Gasteiger partial charge is 0.326 e. The summed E-state index contributed by atoms with van der Waals surface area (Å²) in [4.78, 5) is 24.6. The number of carbonyl (C=O) groups is 2. The third kappa shape index (κ3) is 4.77. The quantitative estimate of drug-likeness (QED) is 0.839. The first-order chi connectivity index (χ1) is 9.86. The molecule has 1 aromatic carbocycles. The van der Waals surface area contributed by atoms with Crippen LogP contribution in [0.5, 0.6) is 5.75 Å². The zero-order valence-electron chi connectivity index (χ0n) is 13.0. The van der Waals surface area contributed by atoms with Crippen LogP contribution in [0.15, 0.2) is 24.3 Å². The van der Waals surface area contributed by atoms with Crippen molar-refractivity contribution in [3.63, 3.8) is 0 Å². The Balaban J connectivity index is 2.76. The Morgan fingerprint density at radius 2 is 1.81 bits per heavy atom. The van der Waals surface area contributed by atoms with E-state index in [1.54, 1.807) is 31.2 Å². The molecule has 0 heterocycles. The molecule has 0 fully saturated rings. The molecule has 1 rings (SSSR count). The fraction of sp³-hybridized carbons (Fsp3) is 0.500. The minimum Gasteiger partial charge on any atom is -0.493 e. The first-order valence-corrected chi connectivity index (χ1v) is 7.09. The van der Waals surface area contributed by atoms with E-state index in [0.717, 1.165) is 0 Å². The van der Waals surface area contributed by atoms with Gasteiger partial charge in [0.1, 0.15) is 11.8 Å². The van der Waals surface area contributed by atoms with Crippen LogP contribution in [0, 0.1) is 5.92 Å². The Labute approximate surface area is 125 Å². The first-order valence-electron chi connectivity index (χ1n) is 7.09. The summed E-state index contributed by atoms with van der Waals surface area (Å²) >= 11 is 0. The number of nitrogens with zero attached hydrogens (tertiary/aromatic N) is 1. The van der Waals surface area contributed by atoms with Gasteiger partial charge in [0.15, 0.2) is 0 Å². The van der Waals surface area contributed by atoms with Crippen molar-refractivity contribution >= 4 is 11.9 Å². The second kappa shape index (κ2) is 7.67. The van der Waals surface area contributed by atoms with E-state index >= 15 is 0 Å². The number of carbonyl (C=O) groups excluding carboxylic acids is 1. The lowest BCUT2D eigenvalue weighted by Crippen LogP contribution is -2.41. The van der Waals surface area contributed by atoms with Crippen molar-refractivity contribution in [3.05, 3.63) is 29.8 Å². The molecule has 0 spiro atoms. The van der Waals surface area contributed by atoms with Gasteiger partial charge in [0.25, 0.3) is 5.91 Å². The lowest BCUT2D eigenvalue weighted by molar-refractivity contribution is -0.142. The van der Waals surface area contributed by atoms with Crippen LogP contribution in [0.1, 0.15) is 37.6 Å². The summed E-state index contributed by atoms with van der Waals surface area (Å²) in [5.41, 5.74) is 0.453. The van der Waals surface area contributed by atoms with Gasteiger partial charge in [-0.3, -0.25) is 4.79 Å². The molecule has 21 heavy (non-hydrogen) atoms. The molecular weight excluding hydrogens is 270 g/mol. The maximum absolute atomic E-state index is 12.2. The minimum absolute atomic E-state index is 0.306. The van der Waals surface area contributed by atoms with Gasteiger partial charge in [-0.1, -0.05) is 20.8 Å². The van der Waals surface area contributed by atoms with Crippen molar-refractivity contribution < 1.29 is 19.4 Å². The maximum atomic E-state index is 12.2. The summed E-state index contributed by atoms with van der Waals surface area (Å²) in [6, 6.07) is 5.96. The third-order valence-electron chi connectivity index (χ3n) is 3.14. The Kier molecular flexibility index (Phi) is 6.21. The highest BCUT2D eigenvalue weighted by molar-refractivity contribution is 5.96. The standard InChI is InChI=1S/C16H23NO4/c1-5-14(16(19)20)17(4)15(18)12-6-8-13(9-7-12)21-10-11(2)3/h6-9,11,14H,5,10H2,1-4H3,(H,19,20). The summed E-state index contributed by atoms with van der Waals surface area (Å²) in [6.45, 7) is 6.48. The fourth-order valence-corrected chi connectivity index (χ4v) is 1.92. The molecule has 0 aromatic heterocycles. The topological polar surface area (TPSA) is 66.8 Å². The van der Waals surface area contributed by atoms with Gasteiger partial charge in [-0.05, 0) is 36.6 Å². The first kappa shape index (κ1) is 17.0. The highest BCUT2D eigenvalue weighted by Gasteiger charge is 2.25. The van der Waals surface area contributed by atoms with E-state index in [0.29, 0.717) is 30.3 Å². The number of benzene rings is 1. The van der Waals surface area contributed by atoms with Gasteiger partial charge in [-0.25, -0.2) is 4.79 Å². The molecule has 0 aliphatic rings. The number of amides is 1. The van der Waals surface area contributed by atoms with Crippen molar-refractivity contribution in [2.75, 3.05) is 13.7 Å². The number of carboxylic acid groups (broad SMARTS) is 1. The average Bonchev–Trinajstić information content (AvgIpc) is 2.45. The van der Waals surface area contributed by atoms with Crippen LogP contribution in [-0.2, 0) is 4.79 Å². The van der Waals surface area contributed by atoms with Crippen molar-refractivity contribution in [2.45, 2.75) is 33.2 Å². The van der Waals surface area contributed by atoms with E-state index in [-0.39, 0.29) is 5.91 Å². The van der Waals surface area contributed by atoms with E-state index in [4.69, 9.17) is 9.84 Å². The van der Waals surface area contributed by atoms with Crippen molar-refractivity contribution in [3.8, 4) is 5.75 Å². The molecule has 116 valence electrons. The number of hydrogen-bond acceptors (Lipinski definition) is 3. The normalized spacial score (nSPS) is 12.0. The van der Waals surface area contributed by atoms with Crippen LogP contribution in [0.3, 0.4) is 0 Å². The SMILES string of the molecule is CCC(C(=O)O)N(C)C(=O)c1ccc(OCC(C)C)cc1. The molecule has 5 heteroatoms. The molecular formula is C16H23NO4. The molecule has 0 saturated heterocycles. The predicted molar refractivity (Wildman–Crippen MR) is 80.6 cm³/mol. The van der Waals surface area contributed by atoms with Crippen LogP contribution in [0.4, 0.5) is 0 Å². The lowest BCUT2D eigenvalue weighted by atomic mass is 10.1. The molecule has 0 radical (unpaired) electrons. The number of likely N-dealkylation sites (N-methyl/N-ethyl adjacent to an activating group) is 1. The molecule has 0 bridgehead atoms. The van der Waals surface area contributed by atoms with E-state index in [2.05, 4.69) is 13.8 Å². The van der Waals surface area contributed by atoms with Gasteiger partial charge in [0, 0.05) is 12.6 Å². The van der Waals surface area contributed by atoms with Gasteiger partial charge in [-0.15, -0.1) is 0 Å². The van der Waals surface area contributed by atoms with Crippen molar-refractivity contribution in [1.82, 2.24) is 4.90 Å². The van der Waals surface area contributed by atoms with Crippen LogP contribution >= 0.6 is 0 Å². The van der Waals surface area contributed by atoms with E-state index in [1.807, 2.05) is 0 Å². The molecule has 1 aromatic rings. The average molecular weight is 293 g/mol.